The normalized spacial score (nSPS) is 17.6. The Morgan fingerprint density at radius 1 is 1.48 bits per heavy atom. The van der Waals surface area contributed by atoms with Crippen molar-refractivity contribution in [3.8, 4) is 0 Å². The van der Waals surface area contributed by atoms with Crippen LogP contribution in [0, 0.1) is 0 Å². The standard InChI is InChI=1S/C17H27N7OS.HI/c1-5-18-16(19-9-14-12-26-17(21-14)22(2)3)24-6-7-25-15(11-24)13-8-20-23(4)10-13;/h8,10,12,15H,5-7,9,11H2,1-4H3,(H,18,19);1H. The number of anilines is 1. The maximum Gasteiger partial charge on any atom is 0.194 e. The summed E-state index contributed by atoms with van der Waals surface area (Å²) in [5.41, 5.74) is 2.09. The number of hydrogen-bond donors (Lipinski definition) is 1. The molecule has 0 saturated carbocycles. The lowest BCUT2D eigenvalue weighted by atomic mass is 10.1. The van der Waals surface area contributed by atoms with Gasteiger partial charge in [-0.25, -0.2) is 9.98 Å². The SMILES string of the molecule is CCNC(=NCc1csc(N(C)C)n1)N1CCOC(c2cnn(C)c2)C1.I. The third-order valence-corrected chi connectivity index (χ3v) is 5.17. The zero-order valence-electron chi connectivity index (χ0n) is 16.3. The van der Waals surface area contributed by atoms with Gasteiger partial charge in [0.25, 0.3) is 0 Å². The lowest BCUT2D eigenvalue weighted by Gasteiger charge is -2.34. The van der Waals surface area contributed by atoms with Gasteiger partial charge in [-0.3, -0.25) is 4.68 Å². The van der Waals surface area contributed by atoms with Crippen LogP contribution in [0.5, 0.6) is 0 Å². The summed E-state index contributed by atoms with van der Waals surface area (Å²) in [7, 11) is 5.93. The molecule has 1 aliphatic rings. The molecule has 1 unspecified atom stereocenters. The summed E-state index contributed by atoms with van der Waals surface area (Å²) in [6.45, 7) is 5.74. The minimum atomic E-state index is 0. The van der Waals surface area contributed by atoms with Crippen molar-refractivity contribution in [3.63, 3.8) is 0 Å². The Bertz CT molecular complexity index is 745. The largest absolute Gasteiger partial charge is 0.370 e. The van der Waals surface area contributed by atoms with E-state index in [1.54, 1.807) is 11.3 Å². The van der Waals surface area contributed by atoms with Gasteiger partial charge in [-0.2, -0.15) is 5.10 Å². The predicted octanol–water partition coefficient (Wildman–Crippen LogP) is 2.10. The van der Waals surface area contributed by atoms with Crippen LogP contribution in [0.4, 0.5) is 5.13 Å². The number of nitrogens with one attached hydrogen (secondary N) is 1. The molecule has 0 spiro atoms. The van der Waals surface area contributed by atoms with Gasteiger partial charge in [-0.05, 0) is 6.92 Å². The molecule has 0 aromatic carbocycles. The molecule has 3 heterocycles. The summed E-state index contributed by atoms with van der Waals surface area (Å²) in [6, 6.07) is 0. The third kappa shape index (κ3) is 5.79. The molecule has 0 bridgehead atoms. The first-order valence-electron chi connectivity index (χ1n) is 8.82. The first kappa shape index (κ1) is 21.9. The molecule has 0 aliphatic carbocycles. The van der Waals surface area contributed by atoms with Gasteiger partial charge in [0.1, 0.15) is 6.10 Å². The van der Waals surface area contributed by atoms with E-state index in [2.05, 4.69) is 32.6 Å². The van der Waals surface area contributed by atoms with Crippen molar-refractivity contribution in [1.82, 2.24) is 25.0 Å². The van der Waals surface area contributed by atoms with Gasteiger partial charge in [0.05, 0.1) is 31.6 Å². The molecule has 2 aromatic rings. The highest BCUT2D eigenvalue weighted by atomic mass is 127. The van der Waals surface area contributed by atoms with Gasteiger partial charge in [-0.1, -0.05) is 0 Å². The molecule has 0 amide bonds. The van der Waals surface area contributed by atoms with Crippen LogP contribution in [0.3, 0.4) is 0 Å². The van der Waals surface area contributed by atoms with Gasteiger partial charge in [0, 0.05) is 51.4 Å². The van der Waals surface area contributed by atoms with Crippen LogP contribution in [-0.4, -0.2) is 66.0 Å². The average Bonchev–Trinajstić information content (AvgIpc) is 3.28. The fourth-order valence-corrected chi connectivity index (χ4v) is 3.56. The Morgan fingerprint density at radius 3 is 2.93 bits per heavy atom. The summed E-state index contributed by atoms with van der Waals surface area (Å²) >= 11 is 1.64. The molecule has 1 atom stereocenters. The molecule has 27 heavy (non-hydrogen) atoms. The number of guanidine groups is 1. The molecule has 8 nitrogen and oxygen atoms in total. The number of ether oxygens (including phenoxy) is 1. The second-order valence-electron chi connectivity index (χ2n) is 6.44. The van der Waals surface area contributed by atoms with E-state index in [1.165, 1.54) is 0 Å². The molecule has 1 aliphatic heterocycles. The number of nitrogens with zero attached hydrogens (tertiary/aromatic N) is 6. The van der Waals surface area contributed by atoms with Crippen molar-refractivity contribution in [1.29, 1.82) is 0 Å². The number of thiazole rings is 1. The fourth-order valence-electron chi connectivity index (χ4n) is 2.81. The van der Waals surface area contributed by atoms with E-state index in [9.17, 15) is 0 Å². The number of morpholine rings is 1. The first-order valence-corrected chi connectivity index (χ1v) is 9.70. The van der Waals surface area contributed by atoms with Crippen LogP contribution in [0.15, 0.2) is 22.8 Å². The number of aryl methyl sites for hydroxylation is 1. The van der Waals surface area contributed by atoms with Gasteiger partial charge in [-0.15, -0.1) is 35.3 Å². The lowest BCUT2D eigenvalue weighted by Crippen LogP contribution is -2.48. The van der Waals surface area contributed by atoms with Crippen molar-refractivity contribution < 1.29 is 4.74 Å². The Kier molecular flexibility index (Phi) is 8.29. The number of aliphatic imine (C=N–C) groups is 1. The van der Waals surface area contributed by atoms with Crippen LogP contribution in [0.2, 0.25) is 0 Å². The summed E-state index contributed by atoms with van der Waals surface area (Å²) < 4.78 is 7.74. The van der Waals surface area contributed by atoms with E-state index in [-0.39, 0.29) is 30.1 Å². The molecular weight excluding hydrogens is 477 g/mol. The van der Waals surface area contributed by atoms with Crippen molar-refractivity contribution in [2.75, 3.05) is 45.2 Å². The van der Waals surface area contributed by atoms with E-state index in [0.717, 1.165) is 42.0 Å². The highest BCUT2D eigenvalue weighted by molar-refractivity contribution is 14.0. The molecule has 1 N–H and O–H groups in total. The van der Waals surface area contributed by atoms with Crippen LogP contribution in [-0.2, 0) is 18.3 Å². The molecule has 3 rings (SSSR count). The summed E-state index contributed by atoms with van der Waals surface area (Å²) in [6.07, 6.45) is 3.90. The highest BCUT2D eigenvalue weighted by Crippen LogP contribution is 2.22. The van der Waals surface area contributed by atoms with Crippen molar-refractivity contribution in [3.05, 3.63) is 29.0 Å². The van der Waals surface area contributed by atoms with Gasteiger partial charge in [0.15, 0.2) is 11.1 Å². The van der Waals surface area contributed by atoms with E-state index >= 15 is 0 Å². The lowest BCUT2D eigenvalue weighted by molar-refractivity contribution is -0.00805. The molecule has 2 aromatic heterocycles. The summed E-state index contributed by atoms with van der Waals surface area (Å²) in [5.74, 6) is 0.907. The Morgan fingerprint density at radius 2 is 2.30 bits per heavy atom. The van der Waals surface area contributed by atoms with E-state index in [0.29, 0.717) is 13.2 Å². The van der Waals surface area contributed by atoms with Gasteiger partial charge in [0.2, 0.25) is 0 Å². The van der Waals surface area contributed by atoms with E-state index in [1.807, 2.05) is 43.1 Å². The second-order valence-corrected chi connectivity index (χ2v) is 7.28. The van der Waals surface area contributed by atoms with Crippen LogP contribution in [0.1, 0.15) is 24.3 Å². The molecule has 10 heteroatoms. The third-order valence-electron chi connectivity index (χ3n) is 4.11. The zero-order valence-corrected chi connectivity index (χ0v) is 19.4. The first-order chi connectivity index (χ1) is 12.6. The smallest absolute Gasteiger partial charge is 0.194 e. The highest BCUT2D eigenvalue weighted by Gasteiger charge is 2.25. The monoisotopic (exact) mass is 505 g/mol. The van der Waals surface area contributed by atoms with Gasteiger partial charge >= 0.3 is 0 Å². The molecule has 1 saturated heterocycles. The van der Waals surface area contributed by atoms with Gasteiger partial charge < -0.3 is 19.9 Å². The fraction of sp³-hybridized carbons (Fsp3) is 0.588. The zero-order chi connectivity index (χ0) is 18.5. The van der Waals surface area contributed by atoms with Crippen LogP contribution in [0.25, 0.3) is 0 Å². The number of hydrogen-bond acceptors (Lipinski definition) is 6. The molecule has 150 valence electrons. The minimum Gasteiger partial charge on any atom is -0.370 e. The molecule has 1 fully saturated rings. The Balaban J connectivity index is 0.00000261. The average molecular weight is 505 g/mol. The van der Waals surface area contributed by atoms with E-state index < -0.39 is 0 Å². The van der Waals surface area contributed by atoms with Crippen molar-refractivity contribution in [2.24, 2.45) is 12.0 Å². The quantitative estimate of drug-likeness (QED) is 0.382. The van der Waals surface area contributed by atoms with Crippen LogP contribution < -0.4 is 10.2 Å². The maximum absolute atomic E-state index is 5.93. The molecule has 0 radical (unpaired) electrons. The Labute approximate surface area is 181 Å². The van der Waals surface area contributed by atoms with Crippen molar-refractivity contribution >= 4 is 46.4 Å². The number of aromatic nitrogens is 3. The predicted molar refractivity (Wildman–Crippen MR) is 120 cm³/mol. The topological polar surface area (TPSA) is 70.8 Å². The maximum atomic E-state index is 5.93. The van der Waals surface area contributed by atoms with Crippen LogP contribution >= 0.6 is 35.3 Å². The second kappa shape index (κ2) is 10.2. The van der Waals surface area contributed by atoms with Crippen molar-refractivity contribution in [2.45, 2.75) is 19.6 Å². The summed E-state index contributed by atoms with van der Waals surface area (Å²) in [5, 5.41) is 10.7. The Hall–Kier alpha value is -1.40. The molecular formula is C17H28IN7OS. The number of rotatable bonds is 5. The summed E-state index contributed by atoms with van der Waals surface area (Å²) in [4.78, 5) is 13.7. The van der Waals surface area contributed by atoms with E-state index in [4.69, 9.17) is 9.73 Å². The number of halogens is 1. The minimum absolute atomic E-state index is 0.